The van der Waals surface area contributed by atoms with E-state index in [1.807, 2.05) is 25.2 Å². The molecular formula is C22H35ClIN5O. The third-order valence-electron chi connectivity index (χ3n) is 5.82. The van der Waals surface area contributed by atoms with Crippen LogP contribution in [0.15, 0.2) is 29.3 Å². The van der Waals surface area contributed by atoms with Gasteiger partial charge in [0.05, 0.1) is 6.54 Å². The molecule has 3 rings (SSSR count). The highest BCUT2D eigenvalue weighted by molar-refractivity contribution is 14.0. The van der Waals surface area contributed by atoms with Gasteiger partial charge >= 0.3 is 0 Å². The summed E-state index contributed by atoms with van der Waals surface area (Å²) in [5.74, 6) is 1.60. The van der Waals surface area contributed by atoms with Crippen LogP contribution in [0, 0.1) is 5.92 Å². The number of piperazine rings is 1. The molecule has 0 radical (unpaired) electrons. The van der Waals surface area contributed by atoms with Crippen LogP contribution in [0.2, 0.25) is 5.02 Å². The molecule has 2 aliphatic rings. The minimum atomic E-state index is 0. The third kappa shape index (κ3) is 7.27. The molecule has 0 unspecified atom stereocenters. The van der Waals surface area contributed by atoms with Gasteiger partial charge in [0, 0.05) is 63.8 Å². The van der Waals surface area contributed by atoms with Crippen LogP contribution < -0.4 is 5.32 Å². The van der Waals surface area contributed by atoms with Crippen molar-refractivity contribution in [3.63, 3.8) is 0 Å². The van der Waals surface area contributed by atoms with Gasteiger partial charge in [0.25, 0.3) is 0 Å². The lowest BCUT2D eigenvalue weighted by Gasteiger charge is -2.38. The lowest BCUT2D eigenvalue weighted by Crippen LogP contribution is -2.51. The van der Waals surface area contributed by atoms with Crippen LogP contribution in [0.5, 0.6) is 0 Å². The summed E-state index contributed by atoms with van der Waals surface area (Å²) in [5.41, 5.74) is 1.16. The molecule has 0 aromatic heterocycles. The Balaban J connectivity index is 0.00000320. The van der Waals surface area contributed by atoms with Gasteiger partial charge in [-0.1, -0.05) is 30.2 Å². The van der Waals surface area contributed by atoms with Gasteiger partial charge in [0.1, 0.15) is 0 Å². The highest BCUT2D eigenvalue weighted by Gasteiger charge is 2.30. The Morgan fingerprint density at radius 2 is 2.00 bits per heavy atom. The molecule has 30 heavy (non-hydrogen) atoms. The number of nitrogens with one attached hydrogen (secondary N) is 1. The van der Waals surface area contributed by atoms with Crippen molar-refractivity contribution in [2.45, 2.75) is 32.7 Å². The zero-order chi connectivity index (χ0) is 20.6. The van der Waals surface area contributed by atoms with E-state index < -0.39 is 0 Å². The molecule has 6 nitrogen and oxygen atoms in total. The Morgan fingerprint density at radius 1 is 1.27 bits per heavy atom. The van der Waals surface area contributed by atoms with E-state index in [0.717, 1.165) is 81.7 Å². The largest absolute Gasteiger partial charge is 0.357 e. The predicted molar refractivity (Wildman–Crippen MR) is 135 cm³/mol. The van der Waals surface area contributed by atoms with Gasteiger partial charge in [0.15, 0.2) is 5.96 Å². The van der Waals surface area contributed by atoms with Gasteiger partial charge in [-0.15, -0.1) is 24.0 Å². The average Bonchev–Trinajstić information content (AvgIpc) is 2.66. The van der Waals surface area contributed by atoms with Crippen molar-refractivity contribution < 1.29 is 4.79 Å². The summed E-state index contributed by atoms with van der Waals surface area (Å²) in [6.45, 7) is 8.95. The second-order valence-corrected chi connectivity index (χ2v) is 8.45. The average molecular weight is 548 g/mol. The van der Waals surface area contributed by atoms with E-state index >= 15 is 0 Å². The molecule has 1 aromatic carbocycles. The van der Waals surface area contributed by atoms with Crippen LogP contribution in [0.3, 0.4) is 0 Å². The number of carbonyl (C=O) groups is 1. The molecule has 1 aliphatic carbocycles. The molecular weight excluding hydrogens is 513 g/mol. The van der Waals surface area contributed by atoms with E-state index in [0.29, 0.717) is 11.8 Å². The van der Waals surface area contributed by atoms with Crippen molar-refractivity contribution in [1.82, 2.24) is 20.0 Å². The molecule has 1 N–H and O–H groups in total. The second kappa shape index (κ2) is 12.7. The van der Waals surface area contributed by atoms with E-state index in [1.54, 1.807) is 0 Å². The summed E-state index contributed by atoms with van der Waals surface area (Å²) in [6, 6.07) is 7.94. The fourth-order valence-electron chi connectivity index (χ4n) is 3.86. The zero-order valence-corrected chi connectivity index (χ0v) is 21.2. The molecule has 8 heteroatoms. The van der Waals surface area contributed by atoms with E-state index in [9.17, 15) is 4.79 Å². The number of hydrogen-bond acceptors (Lipinski definition) is 3. The fourth-order valence-corrected chi connectivity index (χ4v) is 4.07. The number of rotatable bonds is 7. The van der Waals surface area contributed by atoms with Crippen LogP contribution >= 0.6 is 35.6 Å². The van der Waals surface area contributed by atoms with Crippen molar-refractivity contribution in [1.29, 1.82) is 0 Å². The first-order valence-electron chi connectivity index (χ1n) is 10.8. The number of guanidine groups is 1. The highest BCUT2D eigenvalue weighted by Crippen LogP contribution is 2.28. The van der Waals surface area contributed by atoms with Crippen LogP contribution in [0.25, 0.3) is 0 Å². The number of halogens is 2. The van der Waals surface area contributed by atoms with Crippen LogP contribution in [0.1, 0.15) is 31.7 Å². The highest BCUT2D eigenvalue weighted by atomic mass is 127. The van der Waals surface area contributed by atoms with Crippen LogP contribution in [-0.4, -0.2) is 79.4 Å². The van der Waals surface area contributed by atoms with Crippen molar-refractivity contribution in [3.05, 3.63) is 34.9 Å². The molecule has 0 spiro atoms. The van der Waals surface area contributed by atoms with E-state index in [-0.39, 0.29) is 24.0 Å². The number of aliphatic imine (C=N–C) groups is 1. The number of amides is 1. The number of benzene rings is 1. The minimum absolute atomic E-state index is 0. The molecule has 1 aliphatic heterocycles. The summed E-state index contributed by atoms with van der Waals surface area (Å²) in [6.07, 6.45) is 3.39. The van der Waals surface area contributed by atoms with E-state index in [4.69, 9.17) is 16.6 Å². The Bertz CT molecular complexity index is 705. The first kappa shape index (κ1) is 25.2. The molecule has 1 saturated heterocycles. The topological polar surface area (TPSA) is 51.2 Å². The van der Waals surface area contributed by atoms with Crippen molar-refractivity contribution in [3.8, 4) is 0 Å². The number of hydrogen-bond donors (Lipinski definition) is 1. The Hall–Kier alpha value is -1.06. The van der Waals surface area contributed by atoms with Gasteiger partial charge < -0.3 is 15.1 Å². The summed E-state index contributed by atoms with van der Waals surface area (Å²) in [5, 5.41) is 4.13. The molecule has 1 amide bonds. The van der Waals surface area contributed by atoms with Crippen molar-refractivity contribution in [2.24, 2.45) is 10.9 Å². The number of carbonyl (C=O) groups excluding carboxylic acids is 1. The van der Waals surface area contributed by atoms with Gasteiger partial charge in [-0.05, 0) is 37.5 Å². The van der Waals surface area contributed by atoms with Gasteiger partial charge in [-0.25, -0.2) is 0 Å². The maximum Gasteiger partial charge on any atom is 0.225 e. The molecule has 0 bridgehead atoms. The van der Waals surface area contributed by atoms with E-state index in [2.05, 4.69) is 33.0 Å². The monoisotopic (exact) mass is 547 g/mol. The second-order valence-electron chi connectivity index (χ2n) is 8.02. The third-order valence-corrected chi connectivity index (χ3v) is 6.06. The standard InChI is InChI=1S/C22H34ClN5O.HI/c1-3-24-22(26(2)17-18-6-4-9-20(23)16-18)25-10-11-27-12-14-28(15-13-27)21(29)19-7-5-8-19;/h4,6,9,16,19H,3,5,7-8,10-15,17H2,1-2H3,(H,24,25);1H. The summed E-state index contributed by atoms with van der Waals surface area (Å²) in [4.78, 5) is 23.8. The summed E-state index contributed by atoms with van der Waals surface area (Å²) in [7, 11) is 2.05. The Kier molecular flexibility index (Phi) is 10.7. The first-order chi connectivity index (χ1) is 14.1. The van der Waals surface area contributed by atoms with Gasteiger partial charge in [-0.2, -0.15) is 0 Å². The van der Waals surface area contributed by atoms with Crippen LogP contribution in [0.4, 0.5) is 0 Å². The first-order valence-corrected chi connectivity index (χ1v) is 11.2. The molecule has 1 heterocycles. The SMILES string of the molecule is CCNC(=NCCN1CCN(C(=O)C2CCC2)CC1)N(C)Cc1cccc(Cl)c1.I. The Labute approximate surface area is 203 Å². The van der Waals surface area contributed by atoms with Crippen molar-refractivity contribution >= 4 is 47.4 Å². The molecule has 1 aromatic rings. The smallest absolute Gasteiger partial charge is 0.225 e. The predicted octanol–water partition coefficient (Wildman–Crippen LogP) is 3.30. The molecule has 0 atom stereocenters. The lowest BCUT2D eigenvalue weighted by molar-refractivity contribution is -0.139. The zero-order valence-electron chi connectivity index (χ0n) is 18.1. The Morgan fingerprint density at radius 3 is 2.60 bits per heavy atom. The normalized spacial score (nSPS) is 17.8. The van der Waals surface area contributed by atoms with E-state index in [1.165, 1.54) is 6.42 Å². The number of nitrogens with zero attached hydrogens (tertiary/aromatic N) is 4. The molecule has 2 fully saturated rings. The van der Waals surface area contributed by atoms with Crippen molar-refractivity contribution in [2.75, 3.05) is 52.9 Å². The molecule has 1 saturated carbocycles. The quantitative estimate of drug-likeness (QED) is 0.323. The van der Waals surface area contributed by atoms with Gasteiger partial charge in [0.2, 0.25) is 5.91 Å². The maximum absolute atomic E-state index is 12.4. The molecule has 168 valence electrons. The fraction of sp³-hybridized carbons (Fsp3) is 0.636. The van der Waals surface area contributed by atoms with Crippen LogP contribution in [-0.2, 0) is 11.3 Å². The lowest BCUT2D eigenvalue weighted by atomic mass is 9.84. The summed E-state index contributed by atoms with van der Waals surface area (Å²) >= 11 is 6.10. The maximum atomic E-state index is 12.4. The van der Waals surface area contributed by atoms with Gasteiger partial charge in [-0.3, -0.25) is 14.7 Å². The summed E-state index contributed by atoms with van der Waals surface area (Å²) < 4.78 is 0. The minimum Gasteiger partial charge on any atom is -0.357 e.